The third-order valence-electron chi connectivity index (χ3n) is 2.51. The average molecular weight is 465 g/mol. The van der Waals surface area contributed by atoms with E-state index in [1.807, 2.05) is 18.2 Å². The summed E-state index contributed by atoms with van der Waals surface area (Å²) in [7, 11) is 0. The van der Waals surface area contributed by atoms with E-state index < -0.39 is 0 Å². The second-order valence-corrected chi connectivity index (χ2v) is 6.62. The summed E-state index contributed by atoms with van der Waals surface area (Å²) in [6, 6.07) is 5.92. The van der Waals surface area contributed by atoms with E-state index in [0.29, 0.717) is 0 Å². The van der Waals surface area contributed by atoms with Crippen molar-refractivity contribution in [1.29, 1.82) is 0 Å². The van der Waals surface area contributed by atoms with E-state index in [1.165, 1.54) is 6.33 Å². The third-order valence-corrected chi connectivity index (χ3v) is 4.45. The largest absolute Gasteiger partial charge is 0.369 e. The van der Waals surface area contributed by atoms with E-state index >= 15 is 0 Å². The first-order valence-corrected chi connectivity index (χ1v) is 8.46. The average Bonchev–Trinajstić information content (AvgIpc) is 2.44. The molecule has 1 aromatic carbocycles. The summed E-state index contributed by atoms with van der Waals surface area (Å²) in [6.45, 7) is 2.98. The van der Waals surface area contributed by atoms with Crippen LogP contribution < -0.4 is 10.6 Å². The maximum Gasteiger partial charge on any atom is 0.150 e. The molecule has 0 spiro atoms. The fourth-order valence-corrected chi connectivity index (χ4v) is 2.70. The lowest BCUT2D eigenvalue weighted by atomic mass is 10.3. The Hall–Kier alpha value is -0.660. The van der Waals surface area contributed by atoms with Crippen LogP contribution in [0.1, 0.15) is 13.3 Å². The van der Waals surface area contributed by atoms with Gasteiger partial charge in [-0.25, -0.2) is 9.97 Å². The molecule has 0 unspecified atom stereocenters. The number of rotatable bonds is 5. The van der Waals surface area contributed by atoms with Gasteiger partial charge in [-0.15, -0.1) is 0 Å². The molecule has 0 fully saturated rings. The second kappa shape index (κ2) is 7.38. The van der Waals surface area contributed by atoms with Crippen LogP contribution in [0.4, 0.5) is 17.3 Å². The van der Waals surface area contributed by atoms with Gasteiger partial charge in [0.25, 0.3) is 0 Å². The van der Waals surface area contributed by atoms with Crippen molar-refractivity contribution in [3.05, 3.63) is 37.9 Å². The molecule has 0 saturated heterocycles. The molecular weight excluding hydrogens is 452 g/mol. The minimum absolute atomic E-state index is 0.720. The van der Waals surface area contributed by atoms with Crippen LogP contribution in [0.25, 0.3) is 0 Å². The van der Waals surface area contributed by atoms with Crippen LogP contribution in [-0.4, -0.2) is 16.5 Å². The first kappa shape index (κ1) is 15.7. The maximum absolute atomic E-state index is 4.27. The number of nitrogens with zero attached hydrogens (tertiary/aromatic N) is 2. The molecule has 106 valence electrons. The monoisotopic (exact) mass is 462 g/mol. The number of anilines is 3. The van der Waals surface area contributed by atoms with Gasteiger partial charge in [-0.1, -0.05) is 22.9 Å². The molecule has 7 heteroatoms. The Balaban J connectivity index is 2.27. The highest BCUT2D eigenvalue weighted by Gasteiger charge is 2.10. The second-order valence-electron chi connectivity index (χ2n) is 4.06. The van der Waals surface area contributed by atoms with Gasteiger partial charge in [0.2, 0.25) is 0 Å². The number of hydrogen-bond donors (Lipinski definition) is 2. The Morgan fingerprint density at radius 1 is 1.10 bits per heavy atom. The molecule has 0 bridgehead atoms. The summed E-state index contributed by atoms with van der Waals surface area (Å²) >= 11 is 10.5. The zero-order chi connectivity index (χ0) is 14.5. The van der Waals surface area contributed by atoms with Gasteiger partial charge in [0.05, 0.1) is 5.69 Å². The van der Waals surface area contributed by atoms with E-state index in [2.05, 4.69) is 75.3 Å². The quantitative estimate of drug-likeness (QED) is 0.628. The molecular formula is C13H13Br3N4. The summed E-state index contributed by atoms with van der Waals surface area (Å²) in [6.07, 6.45) is 2.58. The molecule has 20 heavy (non-hydrogen) atoms. The molecule has 0 aliphatic carbocycles. The SMILES string of the molecule is CCCNc1ncnc(Nc2cc(Br)ccc2Br)c1Br. The summed E-state index contributed by atoms with van der Waals surface area (Å²) < 4.78 is 2.78. The van der Waals surface area contributed by atoms with E-state index in [0.717, 1.165) is 43.7 Å². The van der Waals surface area contributed by atoms with Crippen LogP contribution >= 0.6 is 47.8 Å². The van der Waals surface area contributed by atoms with Crippen LogP contribution in [0.5, 0.6) is 0 Å². The van der Waals surface area contributed by atoms with E-state index in [9.17, 15) is 0 Å². The van der Waals surface area contributed by atoms with Crippen LogP contribution in [0.3, 0.4) is 0 Å². The topological polar surface area (TPSA) is 49.8 Å². The van der Waals surface area contributed by atoms with Crippen molar-refractivity contribution in [3.8, 4) is 0 Å². The molecule has 2 N–H and O–H groups in total. The van der Waals surface area contributed by atoms with Gasteiger partial charge in [-0.2, -0.15) is 0 Å². The van der Waals surface area contributed by atoms with E-state index in [-0.39, 0.29) is 0 Å². The molecule has 0 atom stereocenters. The Labute approximate surface area is 143 Å². The van der Waals surface area contributed by atoms with Crippen LogP contribution in [0.15, 0.2) is 37.9 Å². The highest BCUT2D eigenvalue weighted by Crippen LogP contribution is 2.33. The van der Waals surface area contributed by atoms with Crippen molar-refractivity contribution in [1.82, 2.24) is 9.97 Å². The van der Waals surface area contributed by atoms with Gasteiger partial charge in [-0.3, -0.25) is 0 Å². The van der Waals surface area contributed by atoms with Crippen LogP contribution in [0.2, 0.25) is 0 Å². The van der Waals surface area contributed by atoms with Crippen molar-refractivity contribution < 1.29 is 0 Å². The number of nitrogens with one attached hydrogen (secondary N) is 2. The van der Waals surface area contributed by atoms with Crippen molar-refractivity contribution in [2.75, 3.05) is 17.2 Å². The first-order valence-electron chi connectivity index (χ1n) is 6.08. The molecule has 2 rings (SSSR count). The Morgan fingerprint density at radius 3 is 2.60 bits per heavy atom. The van der Waals surface area contributed by atoms with Crippen molar-refractivity contribution in [3.63, 3.8) is 0 Å². The number of hydrogen-bond acceptors (Lipinski definition) is 4. The lowest BCUT2D eigenvalue weighted by Gasteiger charge is -2.12. The summed E-state index contributed by atoms with van der Waals surface area (Å²) in [5, 5.41) is 6.54. The summed E-state index contributed by atoms with van der Waals surface area (Å²) in [5.74, 6) is 1.51. The van der Waals surface area contributed by atoms with Crippen molar-refractivity contribution >= 4 is 65.1 Å². The van der Waals surface area contributed by atoms with Gasteiger partial charge < -0.3 is 10.6 Å². The minimum Gasteiger partial charge on any atom is -0.369 e. The lowest BCUT2D eigenvalue weighted by Crippen LogP contribution is -2.05. The fourth-order valence-electron chi connectivity index (χ4n) is 1.54. The minimum atomic E-state index is 0.720. The third kappa shape index (κ3) is 3.93. The van der Waals surface area contributed by atoms with Crippen LogP contribution in [-0.2, 0) is 0 Å². The first-order chi connectivity index (χ1) is 9.61. The van der Waals surface area contributed by atoms with Gasteiger partial charge >= 0.3 is 0 Å². The summed E-state index contributed by atoms with van der Waals surface area (Å²) in [4.78, 5) is 8.50. The van der Waals surface area contributed by atoms with Crippen molar-refractivity contribution in [2.45, 2.75) is 13.3 Å². The highest BCUT2D eigenvalue weighted by atomic mass is 79.9. The molecule has 0 amide bonds. The number of halogens is 3. The van der Waals surface area contributed by atoms with Gasteiger partial charge in [0, 0.05) is 15.5 Å². The van der Waals surface area contributed by atoms with Crippen LogP contribution in [0, 0.1) is 0 Å². The highest BCUT2D eigenvalue weighted by molar-refractivity contribution is 9.11. The zero-order valence-electron chi connectivity index (χ0n) is 10.8. The number of benzene rings is 1. The van der Waals surface area contributed by atoms with Crippen molar-refractivity contribution in [2.24, 2.45) is 0 Å². The van der Waals surface area contributed by atoms with Gasteiger partial charge in [0.15, 0.2) is 0 Å². The molecule has 0 radical (unpaired) electrons. The van der Waals surface area contributed by atoms with Gasteiger partial charge in [-0.05, 0) is 56.5 Å². The van der Waals surface area contributed by atoms with E-state index in [4.69, 9.17) is 0 Å². The van der Waals surface area contributed by atoms with Gasteiger partial charge in [0.1, 0.15) is 22.4 Å². The normalized spacial score (nSPS) is 10.4. The molecule has 1 aromatic heterocycles. The molecule has 0 aliphatic rings. The molecule has 1 heterocycles. The predicted octanol–water partition coefficient (Wildman–Crippen LogP) is 5.33. The fraction of sp³-hybridized carbons (Fsp3) is 0.231. The molecule has 0 saturated carbocycles. The summed E-state index contributed by atoms with van der Waals surface area (Å²) in [5.41, 5.74) is 0.931. The zero-order valence-corrected chi connectivity index (χ0v) is 15.5. The van der Waals surface area contributed by atoms with E-state index in [1.54, 1.807) is 0 Å². The smallest absolute Gasteiger partial charge is 0.150 e. The standard InChI is InChI=1S/C13H13Br3N4/c1-2-5-17-12-11(16)13(19-7-18-12)20-10-6-8(14)3-4-9(10)15/h3-4,6-7H,2,5H2,1H3,(H2,17,18,19,20). The Bertz CT molecular complexity index is 604. The maximum atomic E-state index is 4.27. The molecule has 0 aliphatic heterocycles. The Morgan fingerprint density at radius 2 is 1.85 bits per heavy atom. The molecule has 4 nitrogen and oxygen atoms in total. The lowest BCUT2D eigenvalue weighted by molar-refractivity contribution is 0.962. The molecule has 2 aromatic rings. The number of aromatic nitrogens is 2. The Kier molecular flexibility index (Phi) is 5.80. The predicted molar refractivity (Wildman–Crippen MR) is 93.6 cm³/mol.